The zero-order valence-corrected chi connectivity index (χ0v) is 19.4. The van der Waals surface area contributed by atoms with E-state index in [4.69, 9.17) is 9.47 Å². The molecule has 31 heavy (non-hydrogen) atoms. The third kappa shape index (κ3) is 7.45. The highest BCUT2D eigenvalue weighted by atomic mass is 32.2. The number of hydrogen-bond acceptors (Lipinski definition) is 5. The van der Waals surface area contributed by atoms with Crippen LogP contribution in [-0.2, 0) is 23.0 Å². The Morgan fingerprint density at radius 3 is 2.35 bits per heavy atom. The van der Waals surface area contributed by atoms with Crippen LogP contribution in [0.4, 0.5) is 0 Å². The van der Waals surface area contributed by atoms with E-state index in [1.165, 1.54) is 12.6 Å². The summed E-state index contributed by atoms with van der Waals surface area (Å²) in [7, 11) is 1.33. The number of ether oxygens (including phenoxy) is 2. The number of nitrogens with zero attached hydrogens (tertiary/aromatic N) is 1. The Bertz CT molecular complexity index is 960. The second-order valence-corrected chi connectivity index (χ2v) is 8.61. The standard InChI is InChI=1S/C22H32N4O4S/c1-5-30-21-15-17(10-13-20(21)29-4)7-6-14-25-22(23-2)26-16-18-8-11-19(12-9-18)31(27,28)24-3/h8-13,15,24H,5-7,14,16H2,1-4H3,(H2,23,25,26). The lowest BCUT2D eigenvalue weighted by molar-refractivity contribution is 0.310. The van der Waals surface area contributed by atoms with Gasteiger partial charge in [0.2, 0.25) is 10.0 Å². The van der Waals surface area contributed by atoms with Crippen LogP contribution in [-0.4, -0.2) is 48.7 Å². The molecule has 0 atom stereocenters. The van der Waals surface area contributed by atoms with Gasteiger partial charge in [-0.2, -0.15) is 0 Å². The molecule has 0 fully saturated rings. The second kappa shape index (κ2) is 12.2. The first kappa shape index (κ1) is 24.5. The number of benzene rings is 2. The maximum Gasteiger partial charge on any atom is 0.240 e. The van der Waals surface area contributed by atoms with Crippen molar-refractivity contribution in [1.82, 2.24) is 15.4 Å². The Morgan fingerprint density at radius 2 is 1.74 bits per heavy atom. The summed E-state index contributed by atoms with van der Waals surface area (Å²) in [5, 5.41) is 6.53. The minimum Gasteiger partial charge on any atom is -0.493 e. The number of aliphatic imine (C=N–C) groups is 1. The number of nitrogens with one attached hydrogen (secondary N) is 3. The van der Waals surface area contributed by atoms with Gasteiger partial charge in [0, 0.05) is 20.1 Å². The van der Waals surface area contributed by atoms with E-state index in [0.717, 1.165) is 36.4 Å². The van der Waals surface area contributed by atoms with Gasteiger partial charge < -0.3 is 20.1 Å². The molecule has 2 rings (SSSR count). The van der Waals surface area contributed by atoms with Gasteiger partial charge in [-0.3, -0.25) is 4.99 Å². The third-order valence-corrected chi connectivity index (χ3v) is 6.08. The number of aryl methyl sites for hydroxylation is 1. The summed E-state index contributed by atoms with van der Waals surface area (Å²) in [5.74, 6) is 2.20. The van der Waals surface area contributed by atoms with E-state index in [2.05, 4.69) is 20.3 Å². The number of rotatable bonds is 11. The van der Waals surface area contributed by atoms with Crippen LogP contribution in [0.1, 0.15) is 24.5 Å². The molecule has 170 valence electrons. The summed E-state index contributed by atoms with van der Waals surface area (Å²) in [6.45, 7) is 3.84. The summed E-state index contributed by atoms with van der Waals surface area (Å²) in [5.41, 5.74) is 2.14. The van der Waals surface area contributed by atoms with Crippen molar-refractivity contribution in [3.63, 3.8) is 0 Å². The molecular formula is C22H32N4O4S. The van der Waals surface area contributed by atoms with Crippen LogP contribution in [0.2, 0.25) is 0 Å². The average molecular weight is 449 g/mol. The van der Waals surface area contributed by atoms with Crippen LogP contribution in [0.15, 0.2) is 52.4 Å². The van der Waals surface area contributed by atoms with Gasteiger partial charge in [-0.15, -0.1) is 0 Å². The minimum atomic E-state index is -3.42. The number of methoxy groups -OCH3 is 1. The molecule has 2 aromatic rings. The van der Waals surface area contributed by atoms with E-state index in [0.29, 0.717) is 19.1 Å². The van der Waals surface area contributed by atoms with Crippen molar-refractivity contribution < 1.29 is 17.9 Å². The predicted molar refractivity (Wildman–Crippen MR) is 123 cm³/mol. The van der Waals surface area contributed by atoms with Crippen LogP contribution in [0.3, 0.4) is 0 Å². The Kier molecular flexibility index (Phi) is 9.61. The van der Waals surface area contributed by atoms with Crippen molar-refractivity contribution in [2.75, 3.05) is 34.4 Å². The molecule has 2 aromatic carbocycles. The zero-order valence-electron chi connectivity index (χ0n) is 18.6. The normalized spacial score (nSPS) is 11.8. The van der Waals surface area contributed by atoms with E-state index in [-0.39, 0.29) is 4.90 Å². The monoisotopic (exact) mass is 448 g/mol. The maximum atomic E-state index is 11.8. The molecule has 0 amide bonds. The first-order chi connectivity index (χ1) is 14.9. The summed E-state index contributed by atoms with van der Waals surface area (Å²) < 4.78 is 36.8. The molecule has 0 radical (unpaired) electrons. The lowest BCUT2D eigenvalue weighted by Crippen LogP contribution is -2.37. The molecule has 0 aliphatic rings. The first-order valence-corrected chi connectivity index (χ1v) is 11.7. The number of sulfonamides is 1. The largest absolute Gasteiger partial charge is 0.493 e. The van der Waals surface area contributed by atoms with Crippen molar-refractivity contribution >= 4 is 16.0 Å². The van der Waals surface area contributed by atoms with E-state index in [9.17, 15) is 8.42 Å². The summed E-state index contributed by atoms with van der Waals surface area (Å²) in [4.78, 5) is 4.47. The second-order valence-electron chi connectivity index (χ2n) is 6.73. The summed E-state index contributed by atoms with van der Waals surface area (Å²) in [6, 6.07) is 12.7. The Labute approximate surface area is 185 Å². The highest BCUT2D eigenvalue weighted by molar-refractivity contribution is 7.89. The molecule has 0 unspecified atom stereocenters. The smallest absolute Gasteiger partial charge is 0.240 e. The molecule has 0 saturated heterocycles. The highest BCUT2D eigenvalue weighted by Gasteiger charge is 2.10. The van der Waals surface area contributed by atoms with Gasteiger partial charge in [-0.05, 0) is 62.2 Å². The SMILES string of the molecule is CCOc1cc(CCCNC(=NC)NCc2ccc(S(=O)(=O)NC)cc2)ccc1OC. The van der Waals surface area contributed by atoms with Crippen molar-refractivity contribution in [2.45, 2.75) is 31.2 Å². The molecule has 0 aliphatic heterocycles. The average Bonchev–Trinajstić information content (AvgIpc) is 2.79. The Hall–Kier alpha value is -2.78. The van der Waals surface area contributed by atoms with Gasteiger partial charge in [-0.1, -0.05) is 18.2 Å². The fourth-order valence-corrected chi connectivity index (χ4v) is 3.69. The maximum absolute atomic E-state index is 11.8. The Morgan fingerprint density at radius 1 is 1.03 bits per heavy atom. The predicted octanol–water partition coefficient (Wildman–Crippen LogP) is 2.30. The van der Waals surface area contributed by atoms with Crippen LogP contribution >= 0.6 is 0 Å². The molecule has 0 aliphatic carbocycles. The van der Waals surface area contributed by atoms with Gasteiger partial charge in [-0.25, -0.2) is 13.1 Å². The Balaban J connectivity index is 1.79. The highest BCUT2D eigenvalue weighted by Crippen LogP contribution is 2.28. The molecule has 9 heteroatoms. The van der Waals surface area contributed by atoms with Crippen molar-refractivity contribution in [3.8, 4) is 11.5 Å². The van der Waals surface area contributed by atoms with Crippen molar-refractivity contribution in [1.29, 1.82) is 0 Å². The lowest BCUT2D eigenvalue weighted by atomic mass is 10.1. The van der Waals surface area contributed by atoms with Crippen LogP contribution in [0.5, 0.6) is 11.5 Å². The number of hydrogen-bond donors (Lipinski definition) is 3. The quantitative estimate of drug-likeness (QED) is 0.277. The van der Waals surface area contributed by atoms with Gasteiger partial charge in [0.1, 0.15) is 0 Å². The van der Waals surface area contributed by atoms with Gasteiger partial charge >= 0.3 is 0 Å². The van der Waals surface area contributed by atoms with Gasteiger partial charge in [0.15, 0.2) is 17.5 Å². The molecule has 0 saturated carbocycles. The lowest BCUT2D eigenvalue weighted by Gasteiger charge is -2.13. The molecule has 0 bridgehead atoms. The fraction of sp³-hybridized carbons (Fsp3) is 0.409. The fourth-order valence-electron chi connectivity index (χ4n) is 2.95. The molecule has 0 aromatic heterocycles. The molecule has 8 nitrogen and oxygen atoms in total. The third-order valence-electron chi connectivity index (χ3n) is 4.65. The van der Waals surface area contributed by atoms with Crippen LogP contribution < -0.4 is 24.8 Å². The topological polar surface area (TPSA) is 101 Å². The van der Waals surface area contributed by atoms with Crippen molar-refractivity contribution in [2.24, 2.45) is 4.99 Å². The molecule has 0 spiro atoms. The minimum absolute atomic E-state index is 0.243. The van der Waals surface area contributed by atoms with Crippen molar-refractivity contribution in [3.05, 3.63) is 53.6 Å². The first-order valence-electron chi connectivity index (χ1n) is 10.2. The zero-order chi connectivity index (χ0) is 22.7. The summed E-state index contributed by atoms with van der Waals surface area (Å²) in [6.07, 6.45) is 1.82. The van der Waals surface area contributed by atoms with Crippen LogP contribution in [0.25, 0.3) is 0 Å². The van der Waals surface area contributed by atoms with E-state index >= 15 is 0 Å². The van der Waals surface area contributed by atoms with Gasteiger partial charge in [0.05, 0.1) is 18.6 Å². The molecular weight excluding hydrogens is 416 g/mol. The molecule has 0 heterocycles. The van der Waals surface area contributed by atoms with E-state index in [1.54, 1.807) is 38.4 Å². The summed E-state index contributed by atoms with van der Waals surface area (Å²) >= 11 is 0. The van der Waals surface area contributed by atoms with E-state index < -0.39 is 10.0 Å². The number of guanidine groups is 1. The van der Waals surface area contributed by atoms with Gasteiger partial charge in [0.25, 0.3) is 0 Å². The molecule has 3 N–H and O–H groups in total. The van der Waals surface area contributed by atoms with E-state index in [1.807, 2.05) is 25.1 Å². The van der Waals surface area contributed by atoms with Crippen LogP contribution in [0, 0.1) is 0 Å².